The molecule has 9 nitrogen and oxygen atoms in total. The fourth-order valence-electron chi connectivity index (χ4n) is 3.29. The van der Waals surface area contributed by atoms with Gasteiger partial charge in [0.25, 0.3) is 5.91 Å². The average Bonchev–Trinajstić information content (AvgIpc) is 3.16. The van der Waals surface area contributed by atoms with Gasteiger partial charge in [0.2, 0.25) is 0 Å². The van der Waals surface area contributed by atoms with E-state index in [2.05, 4.69) is 12.2 Å². The molecule has 0 aromatic carbocycles. The summed E-state index contributed by atoms with van der Waals surface area (Å²) in [5, 5.41) is 14.9. The number of hydrogen-bond donors (Lipinski definition) is 1. The first kappa shape index (κ1) is 18.3. The van der Waals surface area contributed by atoms with Crippen LogP contribution in [-0.4, -0.2) is 39.8 Å². The molecule has 140 valence electrons. The number of amides is 3. The molecule has 1 aromatic rings. The molecule has 0 radical (unpaired) electrons. The minimum atomic E-state index is -0.891. The molecule has 26 heavy (non-hydrogen) atoms. The zero-order chi connectivity index (χ0) is 18.9. The number of ether oxygens (including phenoxy) is 1. The van der Waals surface area contributed by atoms with Crippen LogP contribution in [0.4, 0.5) is 9.80 Å². The van der Waals surface area contributed by atoms with Crippen LogP contribution in [0.2, 0.25) is 0 Å². The molecule has 3 amide bonds. The normalized spacial score (nSPS) is 25.4. The van der Waals surface area contributed by atoms with Gasteiger partial charge in [-0.15, -0.1) is 0 Å². The van der Waals surface area contributed by atoms with E-state index < -0.39 is 29.0 Å². The lowest BCUT2D eigenvalue weighted by molar-refractivity contribution is -0.380. The van der Waals surface area contributed by atoms with Crippen LogP contribution in [0.5, 0.6) is 0 Å². The fraction of sp³-hybridized carbons (Fsp3) is 0.562. The second-order valence-corrected chi connectivity index (χ2v) is 7.69. The van der Waals surface area contributed by atoms with Crippen molar-refractivity contribution in [1.82, 2.24) is 10.2 Å². The second-order valence-electron chi connectivity index (χ2n) is 6.80. The van der Waals surface area contributed by atoms with Crippen LogP contribution in [-0.2, 0) is 20.9 Å². The topological polar surface area (TPSA) is 119 Å². The predicted octanol–water partition coefficient (Wildman–Crippen LogP) is 2.20. The maximum atomic E-state index is 12.6. The van der Waals surface area contributed by atoms with Gasteiger partial charge in [-0.25, -0.2) is 4.79 Å². The third-order valence-corrected chi connectivity index (χ3v) is 5.81. The largest absolute Gasteiger partial charge is 0.459 e. The number of rotatable bonds is 5. The Balaban J connectivity index is 1.56. The highest BCUT2D eigenvalue weighted by molar-refractivity contribution is 7.13. The molecule has 2 fully saturated rings. The fourth-order valence-corrected chi connectivity index (χ4v) is 4.00. The van der Waals surface area contributed by atoms with Gasteiger partial charge in [0, 0.05) is 17.0 Å². The molecule has 1 saturated carbocycles. The minimum absolute atomic E-state index is 0.0429. The number of hydrogen-bond acceptors (Lipinski definition) is 7. The lowest BCUT2D eigenvalue weighted by Gasteiger charge is -2.33. The van der Waals surface area contributed by atoms with Gasteiger partial charge in [-0.3, -0.25) is 24.6 Å². The molecule has 0 bridgehead atoms. The molecule has 1 aliphatic carbocycles. The lowest BCUT2D eigenvalue weighted by Crippen LogP contribution is -2.49. The first-order valence-corrected chi connectivity index (χ1v) is 9.20. The van der Waals surface area contributed by atoms with Crippen molar-refractivity contribution in [3.05, 3.63) is 27.1 Å². The smallest absolute Gasteiger partial charge is 0.326 e. The maximum Gasteiger partial charge on any atom is 0.326 e. The van der Waals surface area contributed by atoms with Gasteiger partial charge in [-0.1, -0.05) is 18.3 Å². The number of imide groups is 1. The van der Waals surface area contributed by atoms with Gasteiger partial charge >= 0.3 is 17.0 Å². The number of nitro groups is 1. The number of carbonyl (C=O) groups is 3. The molecule has 1 spiro atoms. The van der Waals surface area contributed by atoms with Crippen molar-refractivity contribution in [2.24, 2.45) is 5.92 Å². The summed E-state index contributed by atoms with van der Waals surface area (Å²) in [6, 6.07) is 0.747. The van der Waals surface area contributed by atoms with Crippen molar-refractivity contribution >= 4 is 34.2 Å². The number of carbonyl (C=O) groups excluding carboxylic acids is 3. The number of nitrogens with zero attached hydrogens (tertiary/aromatic N) is 2. The van der Waals surface area contributed by atoms with Crippen LogP contribution in [0.1, 0.15) is 38.2 Å². The van der Waals surface area contributed by atoms with Crippen molar-refractivity contribution in [2.75, 3.05) is 6.54 Å². The molecule has 3 rings (SSSR count). The Kier molecular flexibility index (Phi) is 4.94. The summed E-state index contributed by atoms with van der Waals surface area (Å²) >= 11 is 0.939. The Morgan fingerprint density at radius 1 is 1.46 bits per heavy atom. The molecule has 1 aliphatic heterocycles. The SMILES string of the molecule is CC1CCC2(CC1)NC(=O)N(CC(=O)OCc1csc([N+](=O)[O-])c1)C2=O. The Morgan fingerprint density at radius 2 is 2.15 bits per heavy atom. The third-order valence-electron chi connectivity index (χ3n) is 4.88. The molecule has 0 atom stereocenters. The van der Waals surface area contributed by atoms with Gasteiger partial charge in [-0.2, -0.15) is 0 Å². The zero-order valence-corrected chi connectivity index (χ0v) is 15.0. The van der Waals surface area contributed by atoms with Gasteiger partial charge in [-0.05, 0) is 31.6 Å². The maximum absolute atomic E-state index is 12.6. The quantitative estimate of drug-likeness (QED) is 0.361. The summed E-state index contributed by atoms with van der Waals surface area (Å²) in [5.41, 5.74) is -0.400. The number of esters is 1. The first-order valence-electron chi connectivity index (χ1n) is 8.32. The minimum Gasteiger partial charge on any atom is -0.459 e. The van der Waals surface area contributed by atoms with Crippen molar-refractivity contribution < 1.29 is 24.0 Å². The van der Waals surface area contributed by atoms with Gasteiger partial charge in [0.15, 0.2) is 0 Å². The summed E-state index contributed by atoms with van der Waals surface area (Å²) in [7, 11) is 0. The van der Waals surface area contributed by atoms with Crippen molar-refractivity contribution in [3.8, 4) is 0 Å². The van der Waals surface area contributed by atoms with E-state index in [1.165, 1.54) is 11.4 Å². The van der Waals surface area contributed by atoms with Crippen LogP contribution in [0.3, 0.4) is 0 Å². The van der Waals surface area contributed by atoms with E-state index in [0.29, 0.717) is 24.3 Å². The van der Waals surface area contributed by atoms with Crippen molar-refractivity contribution in [1.29, 1.82) is 0 Å². The molecule has 2 aliphatic rings. The molecular formula is C16H19N3O6S. The van der Waals surface area contributed by atoms with Crippen molar-refractivity contribution in [3.63, 3.8) is 0 Å². The van der Waals surface area contributed by atoms with Crippen LogP contribution >= 0.6 is 11.3 Å². The molecule has 1 N–H and O–H groups in total. The molecule has 1 saturated heterocycles. The van der Waals surface area contributed by atoms with E-state index >= 15 is 0 Å². The molecule has 0 unspecified atom stereocenters. The molecule has 1 aromatic heterocycles. The van der Waals surface area contributed by atoms with Crippen LogP contribution < -0.4 is 5.32 Å². The number of urea groups is 1. The highest BCUT2D eigenvalue weighted by Gasteiger charge is 2.52. The Morgan fingerprint density at radius 3 is 2.77 bits per heavy atom. The second kappa shape index (κ2) is 7.02. The average molecular weight is 381 g/mol. The summed E-state index contributed by atoms with van der Waals surface area (Å²) in [4.78, 5) is 47.8. The van der Waals surface area contributed by atoms with E-state index in [9.17, 15) is 24.5 Å². The van der Waals surface area contributed by atoms with Crippen LogP contribution in [0.25, 0.3) is 0 Å². The lowest BCUT2D eigenvalue weighted by atomic mass is 9.77. The molecule has 2 heterocycles. The Labute approximate surface area is 153 Å². The van der Waals surface area contributed by atoms with E-state index in [-0.39, 0.29) is 17.5 Å². The van der Waals surface area contributed by atoms with Crippen LogP contribution in [0.15, 0.2) is 11.4 Å². The van der Waals surface area contributed by atoms with E-state index in [1.54, 1.807) is 0 Å². The molecule has 10 heteroatoms. The van der Waals surface area contributed by atoms with Gasteiger partial charge in [0.1, 0.15) is 18.7 Å². The summed E-state index contributed by atoms with van der Waals surface area (Å²) in [6.45, 7) is 1.50. The Bertz CT molecular complexity index is 753. The van der Waals surface area contributed by atoms with Gasteiger partial charge < -0.3 is 10.1 Å². The first-order chi connectivity index (χ1) is 12.3. The zero-order valence-electron chi connectivity index (χ0n) is 14.2. The van der Waals surface area contributed by atoms with Gasteiger partial charge in [0.05, 0.1) is 4.92 Å². The third kappa shape index (κ3) is 3.55. The predicted molar refractivity (Wildman–Crippen MR) is 91.4 cm³/mol. The van der Waals surface area contributed by atoms with Crippen molar-refractivity contribution in [2.45, 2.75) is 44.8 Å². The number of thiophene rings is 1. The summed E-state index contributed by atoms with van der Waals surface area (Å²) in [5.74, 6) is -0.597. The highest BCUT2D eigenvalue weighted by atomic mass is 32.1. The van der Waals surface area contributed by atoms with E-state index in [0.717, 1.165) is 29.1 Å². The van der Waals surface area contributed by atoms with E-state index in [1.807, 2.05) is 0 Å². The Hall–Kier alpha value is -2.49. The van der Waals surface area contributed by atoms with Crippen LogP contribution in [0, 0.1) is 16.0 Å². The summed E-state index contributed by atoms with van der Waals surface area (Å²) in [6.07, 6.45) is 2.84. The summed E-state index contributed by atoms with van der Waals surface area (Å²) < 4.78 is 5.04. The number of nitrogens with one attached hydrogen (secondary N) is 1. The van der Waals surface area contributed by atoms with E-state index in [4.69, 9.17) is 4.74 Å². The highest BCUT2D eigenvalue weighted by Crippen LogP contribution is 2.36. The molecular weight excluding hydrogens is 362 g/mol. The monoisotopic (exact) mass is 381 g/mol. The standard InChI is InChI=1S/C16H19N3O6S/c1-10-2-4-16(5-3-10)14(21)18(15(22)17-16)7-13(20)25-8-11-6-12(19(23)24)26-9-11/h6,9-10H,2-5,7-8H2,1H3,(H,17,22).